The monoisotopic (exact) mass is 337 g/mol. The van der Waals surface area contributed by atoms with Crippen LogP contribution in [0, 0.1) is 0 Å². The molecule has 0 aliphatic rings. The third-order valence-corrected chi connectivity index (χ3v) is 2.21. The van der Waals surface area contributed by atoms with Crippen molar-refractivity contribution in [1.29, 1.82) is 0 Å². The van der Waals surface area contributed by atoms with Gasteiger partial charge in [0.25, 0.3) is 0 Å². The summed E-state index contributed by atoms with van der Waals surface area (Å²) in [5.41, 5.74) is 6.65. The van der Waals surface area contributed by atoms with Crippen LogP contribution in [0.3, 0.4) is 0 Å². The second-order valence-corrected chi connectivity index (χ2v) is 3.74. The molecule has 0 heterocycles. The first-order chi connectivity index (χ1) is 6.83. The second-order valence-electron chi connectivity index (χ2n) is 2.75. The van der Waals surface area contributed by atoms with Crippen molar-refractivity contribution in [1.82, 2.24) is 0 Å². The van der Waals surface area contributed by atoms with Gasteiger partial charge in [-0.2, -0.15) is 11.8 Å². The van der Waals surface area contributed by atoms with E-state index in [-0.39, 0.29) is 24.0 Å². The summed E-state index contributed by atoms with van der Waals surface area (Å²) >= 11 is 1.76. The number of nitrogens with two attached hydrogens (primary N) is 1. The first-order valence-electron chi connectivity index (χ1n) is 4.44. The van der Waals surface area contributed by atoms with E-state index in [1.54, 1.807) is 11.8 Å². The summed E-state index contributed by atoms with van der Waals surface area (Å²) in [5.74, 6) is 1.47. The molecule has 0 atom stereocenters. The van der Waals surface area contributed by atoms with Gasteiger partial charge in [0.05, 0.1) is 6.54 Å². The molecule has 15 heavy (non-hydrogen) atoms. The van der Waals surface area contributed by atoms with Gasteiger partial charge in [0.1, 0.15) is 0 Å². The highest BCUT2D eigenvalue weighted by Gasteiger charge is 1.91. The predicted octanol–water partition coefficient (Wildman–Crippen LogP) is 2.39. The zero-order valence-corrected chi connectivity index (χ0v) is 11.8. The zero-order valence-electron chi connectivity index (χ0n) is 8.64. The number of hydrogen-bond donors (Lipinski definition) is 2. The van der Waals surface area contributed by atoms with Crippen LogP contribution < -0.4 is 11.1 Å². The minimum atomic E-state index is 0. The van der Waals surface area contributed by atoms with Crippen molar-refractivity contribution in [2.75, 3.05) is 23.9 Å². The first-order valence-corrected chi connectivity index (χ1v) is 5.83. The maximum Gasteiger partial charge on any atom is 0.193 e. The summed E-state index contributed by atoms with van der Waals surface area (Å²) in [7, 11) is 0. The Morgan fingerprint density at radius 3 is 2.67 bits per heavy atom. The molecule has 0 aliphatic carbocycles. The van der Waals surface area contributed by atoms with Crippen LogP contribution in [-0.2, 0) is 0 Å². The Morgan fingerprint density at radius 2 is 2.07 bits per heavy atom. The molecular formula is C10H16IN3S. The SMILES string of the molecule is CSCCN=C(N)Nc1ccccc1.I. The fourth-order valence-electron chi connectivity index (χ4n) is 0.966. The molecule has 1 aromatic rings. The van der Waals surface area contributed by atoms with Gasteiger partial charge in [-0.25, -0.2) is 0 Å². The molecule has 0 unspecified atom stereocenters. The van der Waals surface area contributed by atoms with Gasteiger partial charge in [-0.3, -0.25) is 4.99 Å². The highest BCUT2D eigenvalue weighted by molar-refractivity contribution is 14.0. The number of hydrogen-bond acceptors (Lipinski definition) is 2. The number of nitrogens with zero attached hydrogens (tertiary/aromatic N) is 1. The molecule has 0 bridgehead atoms. The number of rotatable bonds is 4. The standard InChI is InChI=1S/C10H15N3S.HI/c1-14-8-7-12-10(11)13-9-5-3-2-4-6-9;/h2-6H,7-8H2,1H3,(H3,11,12,13);1H. The minimum absolute atomic E-state index is 0. The van der Waals surface area contributed by atoms with E-state index >= 15 is 0 Å². The van der Waals surface area contributed by atoms with Crippen LogP contribution in [0.4, 0.5) is 5.69 Å². The van der Waals surface area contributed by atoms with Crippen LogP contribution in [0.25, 0.3) is 0 Å². The van der Waals surface area contributed by atoms with Gasteiger partial charge < -0.3 is 11.1 Å². The molecule has 0 radical (unpaired) electrons. The molecule has 3 N–H and O–H groups in total. The molecule has 0 spiro atoms. The van der Waals surface area contributed by atoms with Crippen LogP contribution in [0.2, 0.25) is 0 Å². The fraction of sp³-hybridized carbons (Fsp3) is 0.300. The van der Waals surface area contributed by atoms with Crippen molar-refractivity contribution < 1.29 is 0 Å². The lowest BCUT2D eigenvalue weighted by molar-refractivity contribution is 1.13. The van der Waals surface area contributed by atoms with Gasteiger partial charge in [0.2, 0.25) is 0 Å². The Balaban J connectivity index is 0.00000196. The van der Waals surface area contributed by atoms with Crippen LogP contribution >= 0.6 is 35.7 Å². The quantitative estimate of drug-likeness (QED) is 0.384. The van der Waals surface area contributed by atoms with Crippen molar-refractivity contribution in [2.45, 2.75) is 0 Å². The average Bonchev–Trinajstić information content (AvgIpc) is 2.20. The van der Waals surface area contributed by atoms with E-state index in [2.05, 4.69) is 16.6 Å². The van der Waals surface area contributed by atoms with Crippen molar-refractivity contribution in [3.63, 3.8) is 0 Å². The Hall–Kier alpha value is -0.430. The van der Waals surface area contributed by atoms with Gasteiger partial charge in [-0.05, 0) is 18.4 Å². The number of nitrogens with one attached hydrogen (secondary N) is 1. The van der Waals surface area contributed by atoms with Gasteiger partial charge in [-0.1, -0.05) is 18.2 Å². The zero-order chi connectivity index (χ0) is 10.2. The van der Waals surface area contributed by atoms with E-state index in [1.165, 1.54) is 0 Å². The van der Waals surface area contributed by atoms with E-state index in [1.807, 2.05) is 30.3 Å². The molecule has 1 rings (SSSR count). The van der Waals surface area contributed by atoms with Gasteiger partial charge >= 0.3 is 0 Å². The summed E-state index contributed by atoms with van der Waals surface area (Å²) < 4.78 is 0. The summed E-state index contributed by atoms with van der Waals surface area (Å²) in [5, 5.41) is 3.02. The Morgan fingerprint density at radius 1 is 1.40 bits per heavy atom. The van der Waals surface area contributed by atoms with Crippen LogP contribution in [0.5, 0.6) is 0 Å². The van der Waals surface area contributed by atoms with Crippen molar-refractivity contribution in [3.05, 3.63) is 30.3 Å². The largest absolute Gasteiger partial charge is 0.370 e. The third-order valence-electron chi connectivity index (χ3n) is 1.62. The number of guanidine groups is 1. The summed E-state index contributed by atoms with van der Waals surface area (Å²) in [6, 6.07) is 9.79. The molecule has 0 saturated heterocycles. The Kier molecular flexibility index (Phi) is 8.59. The van der Waals surface area contributed by atoms with E-state index in [4.69, 9.17) is 5.73 Å². The Labute approximate surface area is 112 Å². The molecule has 0 aliphatic heterocycles. The first kappa shape index (κ1) is 14.6. The van der Waals surface area contributed by atoms with Crippen LogP contribution in [0.15, 0.2) is 35.3 Å². The predicted molar refractivity (Wildman–Crippen MR) is 80.4 cm³/mol. The van der Waals surface area contributed by atoms with Crippen molar-refractivity contribution >= 4 is 47.4 Å². The fourth-order valence-corrected chi connectivity index (χ4v) is 1.24. The number of benzene rings is 1. The van der Waals surface area contributed by atoms with E-state index < -0.39 is 0 Å². The van der Waals surface area contributed by atoms with Crippen molar-refractivity contribution in [2.24, 2.45) is 10.7 Å². The summed E-state index contributed by atoms with van der Waals surface area (Å²) in [6.07, 6.45) is 2.05. The van der Waals surface area contributed by atoms with Gasteiger partial charge in [0.15, 0.2) is 5.96 Å². The third kappa shape index (κ3) is 6.62. The lowest BCUT2D eigenvalue weighted by Crippen LogP contribution is -2.22. The maximum atomic E-state index is 5.68. The number of halogens is 1. The highest BCUT2D eigenvalue weighted by atomic mass is 127. The molecule has 84 valence electrons. The smallest absolute Gasteiger partial charge is 0.193 e. The Bertz CT molecular complexity index is 290. The number of anilines is 1. The van der Waals surface area contributed by atoms with E-state index in [0.29, 0.717) is 5.96 Å². The molecule has 1 aromatic carbocycles. The van der Waals surface area contributed by atoms with Gasteiger partial charge in [-0.15, -0.1) is 24.0 Å². The number of thioether (sulfide) groups is 1. The van der Waals surface area contributed by atoms with E-state index in [0.717, 1.165) is 18.0 Å². The molecule has 0 fully saturated rings. The van der Waals surface area contributed by atoms with Crippen molar-refractivity contribution in [3.8, 4) is 0 Å². The molecular weight excluding hydrogens is 321 g/mol. The maximum absolute atomic E-state index is 5.68. The number of para-hydroxylation sites is 1. The molecule has 0 amide bonds. The molecule has 5 heteroatoms. The van der Waals surface area contributed by atoms with E-state index in [9.17, 15) is 0 Å². The topological polar surface area (TPSA) is 50.4 Å². The second kappa shape index (κ2) is 8.84. The van der Waals surface area contributed by atoms with Gasteiger partial charge in [0, 0.05) is 11.4 Å². The molecule has 0 saturated carbocycles. The highest BCUT2D eigenvalue weighted by Crippen LogP contribution is 2.03. The lowest BCUT2D eigenvalue weighted by Gasteiger charge is -2.04. The minimum Gasteiger partial charge on any atom is -0.370 e. The lowest BCUT2D eigenvalue weighted by atomic mass is 10.3. The summed E-state index contributed by atoms with van der Waals surface area (Å²) in [4.78, 5) is 4.17. The van der Waals surface area contributed by atoms with Crippen LogP contribution in [-0.4, -0.2) is 24.5 Å². The van der Waals surface area contributed by atoms with Crippen LogP contribution in [0.1, 0.15) is 0 Å². The average molecular weight is 337 g/mol. The normalized spacial score (nSPS) is 10.6. The molecule has 3 nitrogen and oxygen atoms in total. The number of aliphatic imine (C=N–C) groups is 1. The molecule has 0 aromatic heterocycles. The summed E-state index contributed by atoms with van der Waals surface area (Å²) in [6.45, 7) is 0.757.